The smallest absolute Gasteiger partial charge is 0.242 e. The molecule has 0 radical (unpaired) electrons. The Morgan fingerprint density at radius 2 is 1.96 bits per heavy atom. The molecule has 0 spiro atoms. The van der Waals surface area contributed by atoms with Crippen molar-refractivity contribution < 1.29 is 22.3 Å². The molecule has 2 aromatic rings. The fourth-order valence-electron chi connectivity index (χ4n) is 2.20. The monoisotopic (exact) mass is 444 g/mol. The number of carbonyl (C=O) groups excluding carboxylic acids is 1. The fraction of sp³-hybridized carbons (Fsp3) is 0.235. The van der Waals surface area contributed by atoms with Crippen LogP contribution in [-0.2, 0) is 21.4 Å². The standard InChI is InChI=1S/C17H18BrFN2O4S/c1-21(11-12-7-8-15(25-2)14(19)9-12)17(22)10-20-26(23,24)16-6-4-3-5-13(16)18/h3-9,20H,10-11H2,1-2H3. The van der Waals surface area contributed by atoms with E-state index in [1.165, 1.54) is 37.3 Å². The van der Waals surface area contributed by atoms with E-state index in [0.717, 1.165) is 0 Å². The Kier molecular flexibility index (Phi) is 6.74. The van der Waals surface area contributed by atoms with Gasteiger partial charge in [0, 0.05) is 18.1 Å². The van der Waals surface area contributed by atoms with Crippen LogP contribution >= 0.6 is 15.9 Å². The number of nitrogens with one attached hydrogen (secondary N) is 1. The van der Waals surface area contributed by atoms with Crippen molar-refractivity contribution in [2.75, 3.05) is 20.7 Å². The van der Waals surface area contributed by atoms with Crippen LogP contribution in [0.1, 0.15) is 5.56 Å². The fourth-order valence-corrected chi connectivity index (χ4v) is 4.18. The van der Waals surface area contributed by atoms with Gasteiger partial charge in [-0.1, -0.05) is 18.2 Å². The Balaban J connectivity index is 1.99. The van der Waals surface area contributed by atoms with Crippen LogP contribution in [0.15, 0.2) is 51.8 Å². The van der Waals surface area contributed by atoms with Crippen LogP contribution in [0.4, 0.5) is 4.39 Å². The zero-order valence-electron chi connectivity index (χ0n) is 14.2. The molecule has 0 heterocycles. The predicted molar refractivity (Wildman–Crippen MR) is 98.8 cm³/mol. The number of ether oxygens (including phenoxy) is 1. The lowest BCUT2D eigenvalue weighted by molar-refractivity contribution is -0.129. The lowest BCUT2D eigenvalue weighted by Crippen LogP contribution is -2.37. The molecule has 2 aromatic carbocycles. The third kappa shape index (κ3) is 5.03. The Bertz CT molecular complexity index is 905. The van der Waals surface area contributed by atoms with Crippen LogP contribution in [-0.4, -0.2) is 39.9 Å². The molecule has 1 amide bonds. The zero-order valence-corrected chi connectivity index (χ0v) is 16.6. The molecule has 0 bridgehead atoms. The third-order valence-corrected chi connectivity index (χ3v) is 6.01. The number of likely N-dealkylation sites (N-methyl/N-ethyl adjacent to an activating group) is 1. The van der Waals surface area contributed by atoms with Gasteiger partial charge in [-0.25, -0.2) is 17.5 Å². The number of benzene rings is 2. The Hall–Kier alpha value is -1.97. The van der Waals surface area contributed by atoms with Gasteiger partial charge in [-0.15, -0.1) is 0 Å². The Morgan fingerprint density at radius 1 is 1.27 bits per heavy atom. The molecule has 6 nitrogen and oxygen atoms in total. The maximum absolute atomic E-state index is 13.7. The van der Waals surface area contributed by atoms with Gasteiger partial charge in [-0.2, -0.15) is 0 Å². The van der Waals surface area contributed by atoms with Crippen molar-refractivity contribution in [3.05, 3.63) is 58.3 Å². The summed E-state index contributed by atoms with van der Waals surface area (Å²) in [4.78, 5) is 13.5. The summed E-state index contributed by atoms with van der Waals surface area (Å²) in [5, 5.41) is 0. The van der Waals surface area contributed by atoms with E-state index in [1.807, 2.05) is 0 Å². The van der Waals surface area contributed by atoms with Crippen LogP contribution in [0.3, 0.4) is 0 Å². The molecule has 0 saturated carbocycles. The summed E-state index contributed by atoms with van der Waals surface area (Å²) in [6, 6.07) is 10.7. The van der Waals surface area contributed by atoms with E-state index in [4.69, 9.17) is 4.74 Å². The van der Waals surface area contributed by atoms with Crippen LogP contribution in [0.5, 0.6) is 5.75 Å². The van der Waals surface area contributed by atoms with E-state index in [0.29, 0.717) is 10.0 Å². The first-order chi connectivity index (χ1) is 12.2. The Labute approximate surface area is 160 Å². The zero-order chi connectivity index (χ0) is 19.3. The molecule has 0 fully saturated rings. The van der Waals surface area contributed by atoms with Crippen molar-refractivity contribution in [2.45, 2.75) is 11.4 Å². The summed E-state index contributed by atoms with van der Waals surface area (Å²) < 4.78 is 45.8. The highest BCUT2D eigenvalue weighted by atomic mass is 79.9. The number of methoxy groups -OCH3 is 1. The maximum atomic E-state index is 13.7. The highest BCUT2D eigenvalue weighted by molar-refractivity contribution is 9.10. The minimum atomic E-state index is -3.83. The summed E-state index contributed by atoms with van der Waals surface area (Å²) in [6.07, 6.45) is 0. The number of nitrogens with zero attached hydrogens (tertiary/aromatic N) is 1. The second kappa shape index (κ2) is 8.61. The molecule has 0 aliphatic rings. The molecule has 0 aliphatic carbocycles. The predicted octanol–water partition coefficient (Wildman–Crippen LogP) is 2.53. The molecule has 2 rings (SSSR count). The van der Waals surface area contributed by atoms with Gasteiger partial charge in [0.2, 0.25) is 15.9 Å². The van der Waals surface area contributed by atoms with E-state index >= 15 is 0 Å². The SMILES string of the molecule is COc1ccc(CN(C)C(=O)CNS(=O)(=O)c2ccccc2Br)cc1F. The average molecular weight is 445 g/mol. The summed E-state index contributed by atoms with van der Waals surface area (Å²) >= 11 is 3.17. The van der Waals surface area contributed by atoms with Gasteiger partial charge in [0.15, 0.2) is 11.6 Å². The summed E-state index contributed by atoms with van der Waals surface area (Å²) in [6.45, 7) is -0.269. The van der Waals surface area contributed by atoms with Crippen LogP contribution in [0.25, 0.3) is 0 Å². The third-order valence-electron chi connectivity index (χ3n) is 3.60. The van der Waals surface area contributed by atoms with Crippen LogP contribution in [0.2, 0.25) is 0 Å². The number of rotatable bonds is 7. The minimum Gasteiger partial charge on any atom is -0.494 e. The van der Waals surface area contributed by atoms with Crippen molar-refractivity contribution in [1.82, 2.24) is 9.62 Å². The van der Waals surface area contributed by atoms with Crippen molar-refractivity contribution in [3.8, 4) is 5.75 Å². The van der Waals surface area contributed by atoms with E-state index in [2.05, 4.69) is 20.7 Å². The van der Waals surface area contributed by atoms with Gasteiger partial charge in [0.1, 0.15) is 0 Å². The highest BCUT2D eigenvalue weighted by Gasteiger charge is 2.19. The second-order valence-electron chi connectivity index (χ2n) is 5.47. The van der Waals surface area contributed by atoms with Crippen LogP contribution in [0, 0.1) is 5.82 Å². The van der Waals surface area contributed by atoms with Crippen molar-refractivity contribution in [2.24, 2.45) is 0 Å². The van der Waals surface area contributed by atoms with Gasteiger partial charge in [-0.3, -0.25) is 4.79 Å². The summed E-state index contributed by atoms with van der Waals surface area (Å²) in [5.74, 6) is -0.860. The topological polar surface area (TPSA) is 75.7 Å². The van der Waals surface area contributed by atoms with Crippen molar-refractivity contribution in [1.29, 1.82) is 0 Å². The number of hydrogen-bond acceptors (Lipinski definition) is 4. The van der Waals surface area contributed by atoms with E-state index in [1.54, 1.807) is 24.3 Å². The molecule has 1 N–H and O–H groups in total. The highest BCUT2D eigenvalue weighted by Crippen LogP contribution is 2.21. The minimum absolute atomic E-state index is 0.0488. The quantitative estimate of drug-likeness (QED) is 0.711. The number of hydrogen-bond donors (Lipinski definition) is 1. The lowest BCUT2D eigenvalue weighted by atomic mass is 10.2. The molecule has 0 aliphatic heterocycles. The molecule has 0 unspecified atom stereocenters. The van der Waals surface area contributed by atoms with E-state index in [-0.39, 0.29) is 17.2 Å². The van der Waals surface area contributed by atoms with E-state index < -0.39 is 28.3 Å². The van der Waals surface area contributed by atoms with Crippen molar-refractivity contribution >= 4 is 31.9 Å². The van der Waals surface area contributed by atoms with Gasteiger partial charge < -0.3 is 9.64 Å². The normalized spacial score (nSPS) is 11.2. The van der Waals surface area contributed by atoms with E-state index in [9.17, 15) is 17.6 Å². The molecule has 0 aromatic heterocycles. The number of halogens is 2. The molecule has 0 saturated heterocycles. The number of carbonyl (C=O) groups is 1. The molecule has 0 atom stereocenters. The summed E-state index contributed by atoms with van der Waals surface area (Å²) in [5.41, 5.74) is 0.563. The van der Waals surface area contributed by atoms with Crippen molar-refractivity contribution in [3.63, 3.8) is 0 Å². The van der Waals surface area contributed by atoms with Gasteiger partial charge in [-0.05, 0) is 45.8 Å². The second-order valence-corrected chi connectivity index (χ2v) is 8.06. The molecule has 9 heteroatoms. The lowest BCUT2D eigenvalue weighted by Gasteiger charge is -2.18. The summed E-state index contributed by atoms with van der Waals surface area (Å²) in [7, 11) is -0.952. The first kappa shape index (κ1) is 20.3. The molecular weight excluding hydrogens is 427 g/mol. The number of sulfonamides is 1. The molecular formula is C17H18BrFN2O4S. The van der Waals surface area contributed by atoms with Gasteiger partial charge in [0.05, 0.1) is 18.6 Å². The Morgan fingerprint density at radius 3 is 2.58 bits per heavy atom. The van der Waals surface area contributed by atoms with Crippen LogP contribution < -0.4 is 9.46 Å². The average Bonchev–Trinajstić information content (AvgIpc) is 2.60. The van der Waals surface area contributed by atoms with Gasteiger partial charge in [0.25, 0.3) is 0 Å². The van der Waals surface area contributed by atoms with Gasteiger partial charge >= 0.3 is 0 Å². The first-order valence-corrected chi connectivity index (χ1v) is 9.83. The largest absolute Gasteiger partial charge is 0.494 e. The first-order valence-electron chi connectivity index (χ1n) is 7.55. The molecule has 140 valence electrons. The number of amides is 1. The molecule has 26 heavy (non-hydrogen) atoms. The maximum Gasteiger partial charge on any atom is 0.242 e.